The zero-order chi connectivity index (χ0) is 12.8. The van der Waals surface area contributed by atoms with E-state index in [1.165, 1.54) is 32.2 Å². The van der Waals surface area contributed by atoms with Crippen molar-refractivity contribution >= 4 is 5.78 Å². The topological polar surface area (TPSA) is 20.3 Å². The SMILES string of the molecule is CC1(C)C2CCC(CCN3CCC(=O)CC3)C1C2. The quantitative estimate of drug-likeness (QED) is 0.766. The Balaban J connectivity index is 1.47. The number of carbonyl (C=O) groups excluding carboxylic acids is 1. The Bertz CT molecular complexity index is 324. The summed E-state index contributed by atoms with van der Waals surface area (Å²) in [6.45, 7) is 8.23. The molecule has 0 aromatic rings. The minimum absolute atomic E-state index is 0.465. The fourth-order valence-electron chi connectivity index (χ4n) is 4.68. The van der Waals surface area contributed by atoms with Crippen LogP contribution in [0.25, 0.3) is 0 Å². The summed E-state index contributed by atoms with van der Waals surface area (Å²) in [5, 5.41) is 0. The predicted molar refractivity (Wildman–Crippen MR) is 73.4 cm³/mol. The monoisotopic (exact) mass is 249 g/mol. The molecule has 2 bridgehead atoms. The number of carbonyl (C=O) groups is 1. The molecule has 0 spiro atoms. The summed E-state index contributed by atoms with van der Waals surface area (Å²) in [6, 6.07) is 0. The Kier molecular flexibility index (Phi) is 3.25. The van der Waals surface area contributed by atoms with E-state index >= 15 is 0 Å². The van der Waals surface area contributed by atoms with Crippen LogP contribution in [-0.2, 0) is 4.79 Å². The first-order chi connectivity index (χ1) is 8.57. The minimum atomic E-state index is 0.465. The highest BCUT2D eigenvalue weighted by Crippen LogP contribution is 2.61. The molecule has 1 saturated heterocycles. The average molecular weight is 249 g/mol. The molecule has 2 nitrogen and oxygen atoms in total. The van der Waals surface area contributed by atoms with E-state index in [1.54, 1.807) is 0 Å². The molecule has 2 heteroatoms. The predicted octanol–water partition coefficient (Wildman–Crippen LogP) is 3.11. The van der Waals surface area contributed by atoms with Gasteiger partial charge in [-0.05, 0) is 55.4 Å². The third kappa shape index (κ3) is 2.13. The molecule has 3 aliphatic carbocycles. The molecule has 1 heterocycles. The number of Topliss-reactive ketones (excluding diaryl/α,β-unsaturated/α-hetero) is 1. The molecule has 0 aromatic heterocycles. The van der Waals surface area contributed by atoms with Crippen molar-refractivity contribution < 1.29 is 4.79 Å². The molecule has 3 unspecified atom stereocenters. The molecule has 3 atom stereocenters. The van der Waals surface area contributed by atoms with E-state index in [2.05, 4.69) is 18.7 Å². The lowest BCUT2D eigenvalue weighted by molar-refractivity contribution is -0.122. The molecule has 0 aromatic carbocycles. The van der Waals surface area contributed by atoms with Crippen molar-refractivity contribution in [3.05, 3.63) is 0 Å². The van der Waals surface area contributed by atoms with Crippen LogP contribution in [0.1, 0.15) is 52.4 Å². The summed E-state index contributed by atoms with van der Waals surface area (Å²) >= 11 is 0. The second kappa shape index (κ2) is 4.63. The van der Waals surface area contributed by atoms with Crippen molar-refractivity contribution in [3.63, 3.8) is 0 Å². The lowest BCUT2D eigenvalue weighted by Gasteiger charge is -2.60. The highest BCUT2D eigenvalue weighted by Gasteiger charge is 2.53. The number of likely N-dealkylation sites (tertiary alicyclic amines) is 1. The van der Waals surface area contributed by atoms with Gasteiger partial charge in [0.2, 0.25) is 0 Å². The summed E-state index contributed by atoms with van der Waals surface area (Å²) in [5.41, 5.74) is 0.626. The van der Waals surface area contributed by atoms with E-state index in [-0.39, 0.29) is 0 Å². The van der Waals surface area contributed by atoms with E-state index in [0.717, 1.165) is 43.7 Å². The fourth-order valence-corrected chi connectivity index (χ4v) is 4.68. The van der Waals surface area contributed by atoms with Gasteiger partial charge in [-0.3, -0.25) is 4.79 Å². The van der Waals surface area contributed by atoms with E-state index in [4.69, 9.17) is 0 Å². The van der Waals surface area contributed by atoms with Gasteiger partial charge in [0.25, 0.3) is 0 Å². The Morgan fingerprint density at radius 2 is 1.94 bits per heavy atom. The van der Waals surface area contributed by atoms with Gasteiger partial charge in [0.1, 0.15) is 5.78 Å². The first kappa shape index (κ1) is 12.7. The number of piperidine rings is 1. The van der Waals surface area contributed by atoms with Gasteiger partial charge in [-0.15, -0.1) is 0 Å². The molecule has 4 rings (SSSR count). The number of rotatable bonds is 3. The van der Waals surface area contributed by atoms with Gasteiger partial charge >= 0.3 is 0 Å². The average Bonchev–Trinajstić information content (AvgIpc) is 2.38. The lowest BCUT2D eigenvalue weighted by atomic mass is 9.45. The maximum absolute atomic E-state index is 11.2. The summed E-state index contributed by atoms with van der Waals surface area (Å²) in [5.74, 6) is 3.43. The van der Waals surface area contributed by atoms with Gasteiger partial charge in [0.15, 0.2) is 0 Å². The molecule has 18 heavy (non-hydrogen) atoms. The molecule has 0 radical (unpaired) electrons. The van der Waals surface area contributed by atoms with Crippen molar-refractivity contribution in [2.75, 3.05) is 19.6 Å². The molecule has 4 fully saturated rings. The highest BCUT2D eigenvalue weighted by atomic mass is 16.1. The standard InChI is InChI=1S/C16H27NO/c1-16(2)13-4-3-12(15(16)11-13)5-8-17-9-6-14(18)7-10-17/h12-13,15H,3-11H2,1-2H3. The molecular formula is C16H27NO. The Hall–Kier alpha value is -0.370. The number of nitrogens with zero attached hydrogens (tertiary/aromatic N) is 1. The van der Waals surface area contributed by atoms with Gasteiger partial charge in [-0.2, -0.15) is 0 Å². The van der Waals surface area contributed by atoms with Crippen LogP contribution in [0.2, 0.25) is 0 Å². The first-order valence-electron chi connectivity index (χ1n) is 7.81. The number of fused-ring (bicyclic) bond motifs is 2. The zero-order valence-electron chi connectivity index (χ0n) is 12.0. The van der Waals surface area contributed by atoms with Crippen LogP contribution in [0.3, 0.4) is 0 Å². The maximum Gasteiger partial charge on any atom is 0.135 e. The third-order valence-electron chi connectivity index (χ3n) is 6.23. The van der Waals surface area contributed by atoms with Crippen LogP contribution in [0, 0.1) is 23.2 Å². The van der Waals surface area contributed by atoms with Crippen molar-refractivity contribution in [1.82, 2.24) is 4.90 Å². The van der Waals surface area contributed by atoms with Crippen LogP contribution < -0.4 is 0 Å². The molecule has 0 amide bonds. The zero-order valence-corrected chi connectivity index (χ0v) is 12.0. The second-order valence-electron chi connectivity index (χ2n) is 7.37. The van der Waals surface area contributed by atoms with Crippen LogP contribution >= 0.6 is 0 Å². The van der Waals surface area contributed by atoms with Crippen LogP contribution in [-0.4, -0.2) is 30.3 Å². The van der Waals surface area contributed by atoms with Crippen LogP contribution in [0.15, 0.2) is 0 Å². The van der Waals surface area contributed by atoms with Gasteiger partial charge in [-0.1, -0.05) is 13.8 Å². The van der Waals surface area contributed by atoms with Crippen molar-refractivity contribution in [2.45, 2.75) is 52.4 Å². The van der Waals surface area contributed by atoms with Crippen molar-refractivity contribution in [2.24, 2.45) is 23.2 Å². The largest absolute Gasteiger partial charge is 0.302 e. The first-order valence-corrected chi connectivity index (χ1v) is 7.81. The third-order valence-corrected chi connectivity index (χ3v) is 6.23. The summed E-state index contributed by atoms with van der Waals surface area (Å²) in [6.07, 6.45) is 7.38. The second-order valence-corrected chi connectivity index (χ2v) is 7.37. The van der Waals surface area contributed by atoms with Crippen molar-refractivity contribution in [1.29, 1.82) is 0 Å². The molecule has 1 aliphatic heterocycles. The van der Waals surface area contributed by atoms with Gasteiger partial charge in [0.05, 0.1) is 0 Å². The highest BCUT2D eigenvalue weighted by molar-refractivity contribution is 5.79. The van der Waals surface area contributed by atoms with Crippen LogP contribution in [0.5, 0.6) is 0 Å². The van der Waals surface area contributed by atoms with Gasteiger partial charge < -0.3 is 4.90 Å². The molecule has 3 saturated carbocycles. The maximum atomic E-state index is 11.2. The summed E-state index contributed by atoms with van der Waals surface area (Å²) in [7, 11) is 0. The van der Waals surface area contributed by atoms with E-state index < -0.39 is 0 Å². The normalized spacial score (nSPS) is 39.4. The Morgan fingerprint density at radius 1 is 1.22 bits per heavy atom. The molecule has 102 valence electrons. The van der Waals surface area contributed by atoms with Crippen LogP contribution in [0.4, 0.5) is 0 Å². The number of ketones is 1. The van der Waals surface area contributed by atoms with Gasteiger partial charge in [-0.25, -0.2) is 0 Å². The summed E-state index contributed by atoms with van der Waals surface area (Å²) in [4.78, 5) is 13.7. The van der Waals surface area contributed by atoms with E-state index in [9.17, 15) is 4.79 Å². The molecule has 4 aliphatic rings. The smallest absolute Gasteiger partial charge is 0.135 e. The fraction of sp³-hybridized carbons (Fsp3) is 0.938. The minimum Gasteiger partial charge on any atom is -0.302 e. The van der Waals surface area contributed by atoms with E-state index in [1.807, 2.05) is 0 Å². The lowest BCUT2D eigenvalue weighted by Crippen LogP contribution is -2.52. The van der Waals surface area contributed by atoms with Gasteiger partial charge in [0, 0.05) is 25.9 Å². The van der Waals surface area contributed by atoms with Crippen molar-refractivity contribution in [3.8, 4) is 0 Å². The number of hydrogen-bond donors (Lipinski definition) is 0. The number of hydrogen-bond acceptors (Lipinski definition) is 2. The Labute approximate surface area is 111 Å². The molecular weight excluding hydrogens is 222 g/mol. The van der Waals surface area contributed by atoms with E-state index in [0.29, 0.717) is 11.2 Å². The summed E-state index contributed by atoms with van der Waals surface area (Å²) < 4.78 is 0. The Morgan fingerprint density at radius 3 is 2.56 bits per heavy atom. The molecule has 0 N–H and O–H groups in total.